The van der Waals surface area contributed by atoms with Crippen molar-refractivity contribution in [2.24, 2.45) is 0 Å². The van der Waals surface area contributed by atoms with Crippen molar-refractivity contribution in [1.29, 1.82) is 0 Å². The van der Waals surface area contributed by atoms with Gasteiger partial charge in [-0.3, -0.25) is 0 Å². The molecule has 0 aliphatic carbocycles. The number of hydrogen-bond donors (Lipinski definition) is 2. The van der Waals surface area contributed by atoms with Crippen LogP contribution in [0.2, 0.25) is 0 Å². The van der Waals surface area contributed by atoms with Gasteiger partial charge in [0, 0.05) is 23.5 Å². The van der Waals surface area contributed by atoms with Crippen molar-refractivity contribution >= 4 is 11.3 Å². The Morgan fingerprint density at radius 1 is 1.38 bits per heavy atom. The van der Waals surface area contributed by atoms with Gasteiger partial charge in [-0.25, -0.2) is 0 Å². The van der Waals surface area contributed by atoms with Crippen LogP contribution in [0.5, 0.6) is 0 Å². The Morgan fingerprint density at radius 3 is 2.95 bits per heavy atom. The zero-order chi connectivity index (χ0) is 15.1. The Bertz CT molecular complexity index is 369. The van der Waals surface area contributed by atoms with Crippen molar-refractivity contribution in [2.45, 2.75) is 57.2 Å². The third-order valence-corrected chi connectivity index (χ3v) is 5.43. The average Bonchev–Trinajstić information content (AvgIpc) is 2.84. The molecule has 0 saturated carbocycles. The van der Waals surface area contributed by atoms with Crippen LogP contribution in [0.3, 0.4) is 0 Å². The van der Waals surface area contributed by atoms with Crippen molar-refractivity contribution in [2.75, 3.05) is 27.2 Å². The lowest BCUT2D eigenvalue weighted by atomic mass is 10.0. The van der Waals surface area contributed by atoms with Gasteiger partial charge >= 0.3 is 0 Å². The molecule has 3 unspecified atom stereocenters. The third kappa shape index (κ3) is 5.70. The lowest BCUT2D eigenvalue weighted by Crippen LogP contribution is -2.40. The van der Waals surface area contributed by atoms with E-state index in [9.17, 15) is 0 Å². The van der Waals surface area contributed by atoms with E-state index in [0.717, 1.165) is 6.54 Å². The highest BCUT2D eigenvalue weighted by atomic mass is 32.1. The first kappa shape index (κ1) is 16.9. The molecule has 0 radical (unpaired) electrons. The van der Waals surface area contributed by atoms with Crippen LogP contribution in [0, 0.1) is 0 Å². The minimum atomic E-state index is 0.481. The van der Waals surface area contributed by atoms with E-state index < -0.39 is 0 Å². The van der Waals surface area contributed by atoms with E-state index in [1.165, 1.54) is 43.5 Å². The average molecular weight is 310 g/mol. The summed E-state index contributed by atoms with van der Waals surface area (Å²) in [6.45, 7) is 4.56. The fraction of sp³-hybridized carbons (Fsp3) is 0.765. The van der Waals surface area contributed by atoms with Crippen LogP contribution in [-0.4, -0.2) is 44.2 Å². The topological polar surface area (TPSA) is 27.3 Å². The summed E-state index contributed by atoms with van der Waals surface area (Å²) in [6.07, 6.45) is 6.71. The molecule has 1 fully saturated rings. The van der Waals surface area contributed by atoms with Crippen LogP contribution in [-0.2, 0) is 0 Å². The SMILES string of the molecule is CC(CC1CCCCCN1)NCC(c1cccs1)N(C)C. The van der Waals surface area contributed by atoms with E-state index in [2.05, 4.69) is 54.1 Å². The molecule has 0 spiro atoms. The van der Waals surface area contributed by atoms with Gasteiger partial charge in [0.2, 0.25) is 0 Å². The number of thiophene rings is 1. The normalized spacial score (nSPS) is 23.0. The van der Waals surface area contributed by atoms with Gasteiger partial charge in [0.15, 0.2) is 0 Å². The summed E-state index contributed by atoms with van der Waals surface area (Å²) in [5, 5.41) is 9.62. The Kier molecular flexibility index (Phi) is 7.17. The molecule has 1 aromatic heterocycles. The zero-order valence-corrected chi connectivity index (χ0v) is 14.6. The fourth-order valence-corrected chi connectivity index (χ4v) is 4.07. The van der Waals surface area contributed by atoms with Gasteiger partial charge in [0.1, 0.15) is 0 Å². The maximum Gasteiger partial charge on any atom is 0.0561 e. The molecule has 3 atom stereocenters. The van der Waals surface area contributed by atoms with Gasteiger partial charge < -0.3 is 15.5 Å². The predicted octanol–water partition coefficient (Wildman–Crippen LogP) is 3.25. The molecule has 0 amide bonds. The number of nitrogens with one attached hydrogen (secondary N) is 2. The first-order valence-corrected chi connectivity index (χ1v) is 9.21. The number of hydrogen-bond acceptors (Lipinski definition) is 4. The highest BCUT2D eigenvalue weighted by molar-refractivity contribution is 7.10. The maximum atomic E-state index is 3.75. The summed E-state index contributed by atoms with van der Waals surface area (Å²) in [4.78, 5) is 3.77. The largest absolute Gasteiger partial charge is 0.314 e. The van der Waals surface area contributed by atoms with Crippen LogP contribution in [0.25, 0.3) is 0 Å². The van der Waals surface area contributed by atoms with Crippen LogP contribution in [0.1, 0.15) is 49.9 Å². The molecule has 120 valence electrons. The lowest BCUT2D eigenvalue weighted by Gasteiger charge is -2.27. The molecule has 1 aliphatic rings. The zero-order valence-electron chi connectivity index (χ0n) is 13.8. The van der Waals surface area contributed by atoms with E-state index in [1.54, 1.807) is 0 Å². The van der Waals surface area contributed by atoms with Crippen LogP contribution in [0.15, 0.2) is 17.5 Å². The van der Waals surface area contributed by atoms with Gasteiger partial charge in [-0.05, 0) is 58.3 Å². The summed E-state index contributed by atoms with van der Waals surface area (Å²) in [6, 6.07) is 6.15. The molecule has 2 N–H and O–H groups in total. The quantitative estimate of drug-likeness (QED) is 0.809. The van der Waals surface area contributed by atoms with Crippen LogP contribution >= 0.6 is 11.3 Å². The van der Waals surface area contributed by atoms with Crippen molar-refractivity contribution < 1.29 is 0 Å². The maximum absolute atomic E-state index is 3.75. The second-order valence-electron chi connectivity index (χ2n) is 6.54. The molecule has 2 rings (SSSR count). The highest BCUT2D eigenvalue weighted by Gasteiger charge is 2.18. The summed E-state index contributed by atoms with van der Waals surface area (Å²) in [5.74, 6) is 0. The van der Waals surface area contributed by atoms with Crippen molar-refractivity contribution in [3.05, 3.63) is 22.4 Å². The Balaban J connectivity index is 1.77. The molecular formula is C17H31N3S. The van der Waals surface area contributed by atoms with Gasteiger partial charge in [-0.2, -0.15) is 0 Å². The second-order valence-corrected chi connectivity index (χ2v) is 7.52. The van der Waals surface area contributed by atoms with Crippen LogP contribution in [0.4, 0.5) is 0 Å². The van der Waals surface area contributed by atoms with E-state index in [4.69, 9.17) is 0 Å². The van der Waals surface area contributed by atoms with Crippen molar-refractivity contribution in [3.8, 4) is 0 Å². The fourth-order valence-electron chi connectivity index (χ4n) is 3.14. The Morgan fingerprint density at radius 2 is 2.24 bits per heavy atom. The van der Waals surface area contributed by atoms with Gasteiger partial charge in [0.05, 0.1) is 6.04 Å². The standard InChI is InChI=1S/C17H31N3S/c1-14(12-15-8-5-4-6-10-18-15)19-13-16(20(2)3)17-9-7-11-21-17/h7,9,11,14-16,18-19H,4-6,8,10,12-13H2,1-3H3. The molecule has 1 saturated heterocycles. The van der Waals surface area contributed by atoms with Crippen LogP contribution < -0.4 is 10.6 Å². The highest BCUT2D eigenvalue weighted by Crippen LogP contribution is 2.22. The first-order chi connectivity index (χ1) is 10.2. The molecule has 1 aliphatic heterocycles. The number of rotatable bonds is 7. The molecule has 2 heterocycles. The summed E-state index contributed by atoms with van der Waals surface area (Å²) >= 11 is 1.86. The Labute approximate surface area is 134 Å². The molecule has 3 nitrogen and oxygen atoms in total. The molecule has 21 heavy (non-hydrogen) atoms. The monoisotopic (exact) mass is 309 g/mol. The summed E-state index contributed by atoms with van der Waals surface area (Å²) in [7, 11) is 4.34. The van der Waals surface area contributed by atoms with Crippen molar-refractivity contribution in [3.63, 3.8) is 0 Å². The first-order valence-electron chi connectivity index (χ1n) is 8.33. The van der Waals surface area contributed by atoms with Gasteiger partial charge in [-0.15, -0.1) is 11.3 Å². The van der Waals surface area contributed by atoms with Crippen molar-refractivity contribution in [1.82, 2.24) is 15.5 Å². The minimum absolute atomic E-state index is 0.481. The van der Waals surface area contributed by atoms with E-state index in [1.807, 2.05) is 11.3 Å². The number of nitrogens with zero attached hydrogens (tertiary/aromatic N) is 1. The third-order valence-electron chi connectivity index (χ3n) is 4.46. The summed E-state index contributed by atoms with van der Waals surface area (Å²) < 4.78 is 0. The molecule has 0 aromatic carbocycles. The van der Waals surface area contributed by atoms with E-state index in [-0.39, 0.29) is 0 Å². The van der Waals surface area contributed by atoms with Gasteiger partial charge in [0.25, 0.3) is 0 Å². The molecule has 0 bridgehead atoms. The number of likely N-dealkylation sites (N-methyl/N-ethyl adjacent to an activating group) is 1. The Hall–Kier alpha value is -0.420. The predicted molar refractivity (Wildman–Crippen MR) is 93.1 cm³/mol. The molecular weight excluding hydrogens is 278 g/mol. The lowest BCUT2D eigenvalue weighted by molar-refractivity contribution is 0.278. The molecule has 1 aromatic rings. The summed E-state index contributed by atoms with van der Waals surface area (Å²) in [5.41, 5.74) is 0. The second kappa shape index (κ2) is 8.89. The van der Waals surface area contributed by atoms with Gasteiger partial charge in [-0.1, -0.05) is 18.9 Å². The van der Waals surface area contributed by atoms with E-state index in [0.29, 0.717) is 18.1 Å². The van der Waals surface area contributed by atoms with E-state index >= 15 is 0 Å². The minimum Gasteiger partial charge on any atom is -0.314 e. The smallest absolute Gasteiger partial charge is 0.0561 e. The molecule has 4 heteroatoms.